The molecule has 0 aromatic carbocycles. The summed E-state index contributed by atoms with van der Waals surface area (Å²) in [6.45, 7) is 20.6. The lowest BCUT2D eigenvalue weighted by molar-refractivity contribution is 0.314. The van der Waals surface area contributed by atoms with Gasteiger partial charge in [0.1, 0.15) is 0 Å². The maximum absolute atomic E-state index is 4.12. The minimum absolute atomic E-state index is 0.708. The van der Waals surface area contributed by atoms with Gasteiger partial charge in [0.05, 0.1) is 16.1 Å². The summed E-state index contributed by atoms with van der Waals surface area (Å²) in [5.74, 6) is 2.27. The molecule has 2 aliphatic carbocycles. The summed E-state index contributed by atoms with van der Waals surface area (Å²) in [4.78, 5) is 0. The Bertz CT molecular complexity index is 470. The smallest absolute Gasteiger partial charge is 0.0780 e. The molecule has 5 unspecified atom stereocenters. The Labute approximate surface area is 133 Å². The van der Waals surface area contributed by atoms with Crippen LogP contribution in [0.2, 0.25) is 37.3 Å². The van der Waals surface area contributed by atoms with Crippen molar-refractivity contribution in [1.82, 2.24) is 0 Å². The van der Waals surface area contributed by atoms with Gasteiger partial charge in [-0.1, -0.05) is 57.4 Å². The van der Waals surface area contributed by atoms with Gasteiger partial charge in [0.25, 0.3) is 0 Å². The first kappa shape index (κ1) is 16.8. The first-order chi connectivity index (χ1) is 9.74. The molecule has 0 aromatic rings. The van der Waals surface area contributed by atoms with Gasteiger partial charge in [0.15, 0.2) is 0 Å². The predicted octanol–water partition coefficient (Wildman–Crippen LogP) is 5.99. The summed E-state index contributed by atoms with van der Waals surface area (Å²) in [6.07, 6.45) is 11.3. The van der Waals surface area contributed by atoms with Crippen molar-refractivity contribution in [2.75, 3.05) is 0 Å². The number of hydrogen-bond donors (Lipinski definition) is 0. The molecule has 0 nitrogen and oxygen atoms in total. The van der Waals surface area contributed by atoms with Crippen molar-refractivity contribution in [1.29, 1.82) is 0 Å². The van der Waals surface area contributed by atoms with Gasteiger partial charge in [-0.2, -0.15) is 0 Å². The highest BCUT2D eigenvalue weighted by atomic mass is 28.3. The van der Waals surface area contributed by atoms with Crippen molar-refractivity contribution < 1.29 is 0 Å². The topological polar surface area (TPSA) is 0 Å². The zero-order valence-electron chi connectivity index (χ0n) is 14.5. The fourth-order valence-electron chi connectivity index (χ4n) is 4.13. The quantitative estimate of drug-likeness (QED) is 0.431. The van der Waals surface area contributed by atoms with E-state index in [2.05, 4.69) is 82.0 Å². The van der Waals surface area contributed by atoms with Crippen LogP contribution in [0.5, 0.6) is 0 Å². The van der Waals surface area contributed by atoms with Crippen molar-refractivity contribution in [2.45, 2.75) is 50.6 Å². The highest BCUT2D eigenvalue weighted by Gasteiger charge is 2.46. The van der Waals surface area contributed by atoms with Crippen LogP contribution in [0.3, 0.4) is 0 Å². The molecule has 2 heteroatoms. The molecular weight excluding hydrogens is 284 g/mol. The first-order valence-corrected chi connectivity index (χ1v) is 14.7. The van der Waals surface area contributed by atoms with Crippen LogP contribution in [0, 0.1) is 17.8 Å². The third-order valence-electron chi connectivity index (χ3n) is 6.37. The van der Waals surface area contributed by atoms with Gasteiger partial charge in [-0.15, -0.1) is 24.6 Å². The van der Waals surface area contributed by atoms with E-state index in [0.717, 1.165) is 22.9 Å². The molecular formula is C19H32Si2. The monoisotopic (exact) mass is 316 g/mol. The lowest BCUT2D eigenvalue weighted by atomic mass is 9.76. The first-order valence-electron chi connectivity index (χ1n) is 8.37. The SMILES string of the molecule is C=C[Si](C)(C)C(C)C1C=CCC2C1C=CC2[Si](C)(C)C=C. The van der Waals surface area contributed by atoms with E-state index in [1.54, 1.807) is 0 Å². The molecule has 0 saturated heterocycles. The molecule has 0 saturated carbocycles. The van der Waals surface area contributed by atoms with E-state index in [1.165, 1.54) is 6.42 Å². The lowest BCUT2D eigenvalue weighted by Gasteiger charge is -2.42. The van der Waals surface area contributed by atoms with E-state index in [0.29, 0.717) is 5.92 Å². The van der Waals surface area contributed by atoms with E-state index in [4.69, 9.17) is 0 Å². The van der Waals surface area contributed by atoms with Crippen molar-refractivity contribution in [3.63, 3.8) is 0 Å². The Hall–Kier alpha value is -0.606. The summed E-state index contributed by atoms with van der Waals surface area (Å²) < 4.78 is 0. The van der Waals surface area contributed by atoms with Gasteiger partial charge in [-0.05, 0) is 35.3 Å². The van der Waals surface area contributed by atoms with Gasteiger partial charge in [-0.25, -0.2) is 0 Å². The fourth-order valence-corrected chi connectivity index (χ4v) is 8.17. The average Bonchev–Trinajstić information content (AvgIpc) is 2.91. The minimum Gasteiger partial charge on any atom is -0.107 e. The summed E-state index contributed by atoms with van der Waals surface area (Å²) in [5, 5.41) is 0. The number of allylic oxidation sites excluding steroid dienone is 4. The Kier molecular flexibility index (Phi) is 4.70. The van der Waals surface area contributed by atoms with E-state index in [1.807, 2.05) is 0 Å². The molecule has 0 bridgehead atoms. The Morgan fingerprint density at radius 3 is 2.29 bits per heavy atom. The number of rotatable bonds is 5. The summed E-state index contributed by atoms with van der Waals surface area (Å²) in [6, 6.07) is 0. The van der Waals surface area contributed by atoms with E-state index >= 15 is 0 Å². The van der Waals surface area contributed by atoms with Crippen molar-refractivity contribution in [2.24, 2.45) is 17.8 Å². The molecule has 0 spiro atoms. The highest BCUT2D eigenvalue weighted by Crippen LogP contribution is 2.52. The third kappa shape index (κ3) is 2.98. The molecule has 0 amide bonds. The Morgan fingerprint density at radius 2 is 1.71 bits per heavy atom. The second-order valence-electron chi connectivity index (χ2n) is 8.23. The molecule has 0 aromatic heterocycles. The molecule has 0 heterocycles. The molecule has 0 N–H and O–H groups in total. The maximum atomic E-state index is 4.12. The number of fused-ring (bicyclic) bond motifs is 1. The van der Waals surface area contributed by atoms with Crippen LogP contribution in [0.15, 0.2) is 48.9 Å². The van der Waals surface area contributed by atoms with Crippen LogP contribution in [0.4, 0.5) is 0 Å². The van der Waals surface area contributed by atoms with Gasteiger partial charge in [0, 0.05) is 0 Å². The van der Waals surface area contributed by atoms with Crippen molar-refractivity contribution in [3.05, 3.63) is 48.9 Å². The highest BCUT2D eigenvalue weighted by molar-refractivity contribution is 6.84. The van der Waals surface area contributed by atoms with Crippen molar-refractivity contribution in [3.8, 4) is 0 Å². The second kappa shape index (κ2) is 5.88. The molecule has 21 heavy (non-hydrogen) atoms. The summed E-state index contributed by atoms with van der Waals surface area (Å²) in [7, 11) is -2.67. The average molecular weight is 317 g/mol. The molecule has 0 aliphatic heterocycles. The summed E-state index contributed by atoms with van der Waals surface area (Å²) in [5.41, 5.74) is 6.08. The standard InChI is InChI=1S/C19H32Si2/c1-8-20(4,5)15(3)16-11-10-12-18-17(16)13-14-19(18)21(6,7)9-2/h8-11,13-19H,1-2,12H2,3-7H3. The fraction of sp³-hybridized carbons (Fsp3) is 0.579. The van der Waals surface area contributed by atoms with Crippen LogP contribution in [-0.2, 0) is 0 Å². The van der Waals surface area contributed by atoms with Gasteiger partial charge in [-0.3, -0.25) is 0 Å². The van der Waals surface area contributed by atoms with Crippen LogP contribution in [0.1, 0.15) is 13.3 Å². The maximum Gasteiger partial charge on any atom is 0.0780 e. The molecule has 5 atom stereocenters. The lowest BCUT2D eigenvalue weighted by Crippen LogP contribution is -2.40. The van der Waals surface area contributed by atoms with Crippen LogP contribution < -0.4 is 0 Å². The van der Waals surface area contributed by atoms with Crippen LogP contribution in [0.25, 0.3) is 0 Å². The van der Waals surface area contributed by atoms with Crippen LogP contribution in [-0.4, -0.2) is 16.1 Å². The van der Waals surface area contributed by atoms with Crippen LogP contribution >= 0.6 is 0 Å². The minimum atomic E-state index is -1.34. The summed E-state index contributed by atoms with van der Waals surface area (Å²) >= 11 is 0. The predicted molar refractivity (Wildman–Crippen MR) is 102 cm³/mol. The zero-order valence-corrected chi connectivity index (χ0v) is 16.5. The second-order valence-corrected chi connectivity index (χ2v) is 17.9. The van der Waals surface area contributed by atoms with Gasteiger partial charge < -0.3 is 0 Å². The largest absolute Gasteiger partial charge is 0.107 e. The van der Waals surface area contributed by atoms with E-state index in [9.17, 15) is 0 Å². The Morgan fingerprint density at radius 1 is 1.05 bits per heavy atom. The van der Waals surface area contributed by atoms with E-state index < -0.39 is 16.1 Å². The molecule has 116 valence electrons. The Balaban J connectivity index is 2.25. The van der Waals surface area contributed by atoms with Gasteiger partial charge >= 0.3 is 0 Å². The zero-order chi connectivity index (χ0) is 15.8. The van der Waals surface area contributed by atoms with E-state index in [-0.39, 0.29) is 0 Å². The van der Waals surface area contributed by atoms with Gasteiger partial charge in [0.2, 0.25) is 0 Å². The van der Waals surface area contributed by atoms with Crippen molar-refractivity contribution >= 4 is 16.1 Å². The molecule has 2 aliphatic rings. The molecule has 2 rings (SSSR count). The third-order valence-corrected chi connectivity index (χ3v) is 13.5. The molecule has 0 fully saturated rings. The molecule has 0 radical (unpaired) electrons. The number of hydrogen-bond acceptors (Lipinski definition) is 0. The normalized spacial score (nSPS) is 33.6.